The maximum absolute atomic E-state index is 11.5. The van der Waals surface area contributed by atoms with E-state index in [1.54, 1.807) is 18.2 Å². The first-order valence-corrected chi connectivity index (χ1v) is 7.51. The standard InChI is InChI=1S/C15H8ClNO5S/c16-10-5-7(1-3-9(10)14(19)20)11-4-2-8(22-11)6-12-13(18)17-15(21)23-12/h1-6H,(H,19,20)(H,17,18,21)/b12-6+. The van der Waals surface area contributed by atoms with Crippen LogP contribution in [0.1, 0.15) is 16.1 Å². The number of hydrogen-bond acceptors (Lipinski definition) is 5. The van der Waals surface area contributed by atoms with Crippen molar-refractivity contribution in [3.8, 4) is 11.3 Å². The highest BCUT2D eigenvalue weighted by atomic mass is 35.5. The van der Waals surface area contributed by atoms with Gasteiger partial charge >= 0.3 is 5.97 Å². The molecule has 1 aromatic heterocycles. The molecule has 6 nitrogen and oxygen atoms in total. The molecule has 1 aliphatic heterocycles. The van der Waals surface area contributed by atoms with E-state index in [0.717, 1.165) is 11.8 Å². The molecule has 3 rings (SSSR count). The van der Waals surface area contributed by atoms with E-state index in [4.69, 9.17) is 21.1 Å². The first-order valence-electron chi connectivity index (χ1n) is 6.32. The zero-order valence-electron chi connectivity index (χ0n) is 11.3. The fraction of sp³-hybridized carbons (Fsp3) is 0. The van der Waals surface area contributed by atoms with Crippen LogP contribution in [0.4, 0.5) is 4.79 Å². The van der Waals surface area contributed by atoms with Gasteiger partial charge in [0.2, 0.25) is 0 Å². The lowest BCUT2D eigenvalue weighted by atomic mass is 10.1. The molecule has 0 radical (unpaired) electrons. The Hall–Kier alpha value is -2.51. The van der Waals surface area contributed by atoms with E-state index in [9.17, 15) is 14.4 Å². The van der Waals surface area contributed by atoms with Gasteiger partial charge in [-0.25, -0.2) is 4.79 Å². The molecule has 2 heterocycles. The Morgan fingerprint density at radius 3 is 2.65 bits per heavy atom. The molecule has 0 unspecified atom stereocenters. The van der Waals surface area contributed by atoms with Crippen LogP contribution in [0, 0.1) is 0 Å². The second-order valence-corrected chi connectivity index (χ2v) is 5.98. The van der Waals surface area contributed by atoms with Crippen LogP contribution in [0.2, 0.25) is 5.02 Å². The number of nitrogens with one attached hydrogen (secondary N) is 1. The SMILES string of the molecule is O=C1NC(=O)/C(=C\c2ccc(-c3ccc(C(=O)O)c(Cl)c3)o2)S1. The van der Waals surface area contributed by atoms with Gasteiger partial charge < -0.3 is 9.52 Å². The van der Waals surface area contributed by atoms with E-state index in [2.05, 4.69) is 5.32 Å². The average Bonchev–Trinajstić information content (AvgIpc) is 3.06. The number of amides is 2. The minimum atomic E-state index is -1.11. The number of carboxylic acid groups (broad SMARTS) is 1. The minimum Gasteiger partial charge on any atom is -0.478 e. The summed E-state index contributed by atoms with van der Waals surface area (Å²) in [6, 6.07) is 7.75. The minimum absolute atomic E-state index is 0.00172. The van der Waals surface area contributed by atoms with E-state index in [1.807, 2.05) is 0 Å². The van der Waals surface area contributed by atoms with Crippen LogP contribution in [-0.2, 0) is 4.79 Å². The summed E-state index contributed by atoms with van der Waals surface area (Å²) < 4.78 is 5.58. The second kappa shape index (κ2) is 5.94. The van der Waals surface area contributed by atoms with Gasteiger partial charge in [-0.3, -0.25) is 14.9 Å². The van der Waals surface area contributed by atoms with Gasteiger partial charge in [0.1, 0.15) is 11.5 Å². The van der Waals surface area contributed by atoms with E-state index < -0.39 is 17.1 Å². The molecule has 1 aromatic carbocycles. The Morgan fingerprint density at radius 2 is 2.04 bits per heavy atom. The number of hydrogen-bond donors (Lipinski definition) is 2. The zero-order valence-corrected chi connectivity index (χ0v) is 12.9. The number of benzene rings is 1. The van der Waals surface area contributed by atoms with Crippen LogP contribution in [0.25, 0.3) is 17.4 Å². The lowest BCUT2D eigenvalue weighted by Crippen LogP contribution is -2.17. The number of imide groups is 1. The lowest BCUT2D eigenvalue weighted by Gasteiger charge is -2.01. The summed E-state index contributed by atoms with van der Waals surface area (Å²) >= 11 is 6.72. The van der Waals surface area contributed by atoms with Crippen molar-refractivity contribution >= 4 is 46.6 Å². The number of aromatic carboxylic acids is 1. The Labute approximate surface area is 139 Å². The molecule has 1 saturated heterocycles. The van der Waals surface area contributed by atoms with Gasteiger partial charge in [-0.1, -0.05) is 17.7 Å². The molecular weight excluding hydrogens is 342 g/mol. The van der Waals surface area contributed by atoms with Crippen molar-refractivity contribution in [2.24, 2.45) is 0 Å². The topological polar surface area (TPSA) is 96.6 Å². The van der Waals surface area contributed by atoms with E-state index in [-0.39, 0.29) is 15.5 Å². The highest BCUT2D eigenvalue weighted by molar-refractivity contribution is 8.18. The number of thioether (sulfide) groups is 1. The van der Waals surface area contributed by atoms with Crippen LogP contribution in [0.5, 0.6) is 0 Å². The van der Waals surface area contributed by atoms with Gasteiger partial charge in [0, 0.05) is 11.6 Å². The lowest BCUT2D eigenvalue weighted by molar-refractivity contribution is -0.115. The Bertz CT molecular complexity index is 871. The molecule has 0 saturated carbocycles. The van der Waals surface area contributed by atoms with Gasteiger partial charge in [0.15, 0.2) is 0 Å². The van der Waals surface area contributed by atoms with Crippen molar-refractivity contribution in [3.63, 3.8) is 0 Å². The number of rotatable bonds is 3. The monoisotopic (exact) mass is 349 g/mol. The molecule has 8 heteroatoms. The highest BCUT2D eigenvalue weighted by Crippen LogP contribution is 2.30. The van der Waals surface area contributed by atoms with Crippen molar-refractivity contribution in [2.45, 2.75) is 0 Å². The Kier molecular flexibility index (Phi) is 3.97. The Balaban J connectivity index is 1.89. The van der Waals surface area contributed by atoms with Gasteiger partial charge in [-0.15, -0.1) is 0 Å². The van der Waals surface area contributed by atoms with E-state index in [1.165, 1.54) is 18.2 Å². The number of carbonyl (C=O) groups is 3. The molecule has 2 amide bonds. The number of carbonyl (C=O) groups excluding carboxylic acids is 2. The summed E-state index contributed by atoms with van der Waals surface area (Å²) in [6.07, 6.45) is 1.46. The zero-order chi connectivity index (χ0) is 16.6. The molecule has 0 spiro atoms. The van der Waals surface area contributed by atoms with Gasteiger partial charge in [-0.05, 0) is 36.0 Å². The van der Waals surface area contributed by atoms with Crippen molar-refractivity contribution < 1.29 is 23.9 Å². The van der Waals surface area contributed by atoms with Gasteiger partial charge in [-0.2, -0.15) is 0 Å². The largest absolute Gasteiger partial charge is 0.478 e. The summed E-state index contributed by atoms with van der Waals surface area (Å²) in [4.78, 5) is 33.8. The van der Waals surface area contributed by atoms with Crippen LogP contribution in [0.3, 0.4) is 0 Å². The van der Waals surface area contributed by atoms with Crippen LogP contribution < -0.4 is 5.32 Å². The summed E-state index contributed by atoms with van der Waals surface area (Å²) in [6.45, 7) is 0. The quantitative estimate of drug-likeness (QED) is 0.821. The van der Waals surface area contributed by atoms with E-state index >= 15 is 0 Å². The van der Waals surface area contributed by atoms with Crippen molar-refractivity contribution in [1.29, 1.82) is 0 Å². The maximum Gasteiger partial charge on any atom is 0.337 e. The number of halogens is 1. The fourth-order valence-electron chi connectivity index (χ4n) is 1.98. The summed E-state index contributed by atoms with van der Waals surface area (Å²) in [5.41, 5.74) is 0.603. The molecule has 2 aromatic rings. The molecule has 0 bridgehead atoms. The van der Waals surface area contributed by atoms with Crippen LogP contribution in [-0.4, -0.2) is 22.2 Å². The normalized spacial score (nSPS) is 16.0. The number of furan rings is 1. The molecule has 1 aliphatic rings. The highest BCUT2D eigenvalue weighted by Gasteiger charge is 2.25. The third-order valence-electron chi connectivity index (χ3n) is 3.03. The van der Waals surface area contributed by atoms with Gasteiger partial charge in [0.25, 0.3) is 11.1 Å². The smallest absolute Gasteiger partial charge is 0.337 e. The average molecular weight is 350 g/mol. The Morgan fingerprint density at radius 1 is 1.26 bits per heavy atom. The maximum atomic E-state index is 11.5. The molecule has 0 aliphatic carbocycles. The molecule has 1 fully saturated rings. The molecule has 23 heavy (non-hydrogen) atoms. The van der Waals surface area contributed by atoms with Crippen molar-refractivity contribution in [3.05, 3.63) is 51.6 Å². The van der Waals surface area contributed by atoms with E-state index in [0.29, 0.717) is 17.1 Å². The number of carboxylic acids is 1. The third-order valence-corrected chi connectivity index (χ3v) is 4.15. The molecule has 2 N–H and O–H groups in total. The summed E-state index contributed by atoms with van der Waals surface area (Å²) in [5, 5.41) is 10.8. The first-order chi connectivity index (χ1) is 10.9. The predicted molar refractivity (Wildman–Crippen MR) is 85.2 cm³/mol. The summed E-state index contributed by atoms with van der Waals surface area (Å²) in [5.74, 6) is -0.719. The van der Waals surface area contributed by atoms with Crippen molar-refractivity contribution in [2.75, 3.05) is 0 Å². The summed E-state index contributed by atoms with van der Waals surface area (Å²) in [7, 11) is 0. The van der Waals surface area contributed by atoms with Crippen molar-refractivity contribution in [1.82, 2.24) is 5.32 Å². The fourth-order valence-corrected chi connectivity index (χ4v) is 2.90. The molecule has 116 valence electrons. The molecule has 0 atom stereocenters. The van der Waals surface area contributed by atoms with Crippen LogP contribution >= 0.6 is 23.4 Å². The van der Waals surface area contributed by atoms with Crippen LogP contribution in [0.15, 0.2) is 39.7 Å². The second-order valence-electron chi connectivity index (χ2n) is 4.55. The first kappa shape index (κ1) is 15.4. The molecular formula is C15H8ClNO5S. The predicted octanol–water partition coefficient (Wildman–Crippen LogP) is 3.62. The van der Waals surface area contributed by atoms with Gasteiger partial charge in [0.05, 0.1) is 15.5 Å². The third kappa shape index (κ3) is 3.15.